The van der Waals surface area contributed by atoms with Crippen LogP contribution in [0, 0.1) is 0 Å². The van der Waals surface area contributed by atoms with Crippen molar-refractivity contribution in [2.45, 2.75) is 19.6 Å². The van der Waals surface area contributed by atoms with E-state index in [1.165, 1.54) is 6.92 Å². The predicted octanol–water partition coefficient (Wildman–Crippen LogP) is 1.59. The number of rotatable bonds is 2. The SMILES string of the molecule is CCn1c(C(F)(F)F)ccc(C(=O)O)c1=O. The summed E-state index contributed by atoms with van der Waals surface area (Å²) in [6.07, 6.45) is -4.67. The maximum atomic E-state index is 12.4. The quantitative estimate of drug-likeness (QED) is 0.846. The summed E-state index contributed by atoms with van der Waals surface area (Å²) in [4.78, 5) is 21.9. The van der Waals surface area contributed by atoms with Crippen LogP contribution < -0.4 is 5.56 Å². The van der Waals surface area contributed by atoms with E-state index in [1.807, 2.05) is 0 Å². The molecule has 16 heavy (non-hydrogen) atoms. The Kier molecular flexibility index (Phi) is 3.06. The molecule has 1 aromatic rings. The molecule has 0 radical (unpaired) electrons. The minimum Gasteiger partial charge on any atom is -0.477 e. The topological polar surface area (TPSA) is 59.3 Å². The molecule has 0 unspecified atom stereocenters. The van der Waals surface area contributed by atoms with E-state index in [-0.39, 0.29) is 6.54 Å². The summed E-state index contributed by atoms with van der Waals surface area (Å²) in [5.41, 5.74) is -2.97. The fourth-order valence-electron chi connectivity index (χ4n) is 1.30. The number of carboxylic acids is 1. The number of alkyl halides is 3. The first kappa shape index (κ1) is 12.3. The van der Waals surface area contributed by atoms with Crippen molar-refractivity contribution in [2.75, 3.05) is 0 Å². The molecular formula is C9H8F3NO3. The van der Waals surface area contributed by atoms with Crippen molar-refractivity contribution in [1.82, 2.24) is 4.57 Å². The number of carbonyl (C=O) groups is 1. The van der Waals surface area contributed by atoms with Crippen molar-refractivity contribution < 1.29 is 23.1 Å². The van der Waals surface area contributed by atoms with E-state index < -0.39 is 29.0 Å². The largest absolute Gasteiger partial charge is 0.477 e. The smallest absolute Gasteiger partial charge is 0.431 e. The van der Waals surface area contributed by atoms with E-state index >= 15 is 0 Å². The maximum absolute atomic E-state index is 12.4. The Morgan fingerprint density at radius 2 is 2.00 bits per heavy atom. The lowest BCUT2D eigenvalue weighted by molar-refractivity contribution is -0.144. The molecule has 0 spiro atoms. The van der Waals surface area contributed by atoms with Crippen LogP contribution in [-0.2, 0) is 12.7 Å². The molecule has 0 saturated heterocycles. The van der Waals surface area contributed by atoms with Gasteiger partial charge in [0.1, 0.15) is 11.3 Å². The van der Waals surface area contributed by atoms with Crippen LogP contribution in [0.3, 0.4) is 0 Å². The molecule has 1 rings (SSSR count). The molecule has 0 aliphatic rings. The fraction of sp³-hybridized carbons (Fsp3) is 0.333. The highest BCUT2D eigenvalue weighted by molar-refractivity contribution is 5.87. The van der Waals surface area contributed by atoms with Gasteiger partial charge in [-0.25, -0.2) is 4.79 Å². The van der Waals surface area contributed by atoms with Crippen LogP contribution in [0.2, 0.25) is 0 Å². The van der Waals surface area contributed by atoms with Gasteiger partial charge in [0, 0.05) is 6.54 Å². The molecular weight excluding hydrogens is 227 g/mol. The second-order valence-corrected chi connectivity index (χ2v) is 2.98. The van der Waals surface area contributed by atoms with Gasteiger partial charge in [0.05, 0.1) is 0 Å². The van der Waals surface area contributed by atoms with Gasteiger partial charge >= 0.3 is 12.1 Å². The Labute approximate surface area is 87.9 Å². The molecule has 88 valence electrons. The van der Waals surface area contributed by atoms with Gasteiger partial charge in [-0.15, -0.1) is 0 Å². The first-order chi connectivity index (χ1) is 7.29. The molecule has 0 aromatic carbocycles. The number of pyridine rings is 1. The van der Waals surface area contributed by atoms with Crippen LogP contribution >= 0.6 is 0 Å². The first-order valence-electron chi connectivity index (χ1n) is 4.33. The third-order valence-electron chi connectivity index (χ3n) is 2.01. The lowest BCUT2D eigenvalue weighted by atomic mass is 10.2. The Bertz CT molecular complexity index is 476. The highest BCUT2D eigenvalue weighted by Crippen LogP contribution is 2.28. The molecule has 7 heteroatoms. The predicted molar refractivity (Wildman–Crippen MR) is 48.3 cm³/mol. The van der Waals surface area contributed by atoms with Gasteiger partial charge in [0.2, 0.25) is 0 Å². The summed E-state index contributed by atoms with van der Waals surface area (Å²) in [5, 5.41) is 8.58. The number of hydrogen-bond donors (Lipinski definition) is 1. The molecule has 1 N–H and O–H groups in total. The zero-order valence-electron chi connectivity index (χ0n) is 8.21. The van der Waals surface area contributed by atoms with Gasteiger partial charge in [-0.1, -0.05) is 0 Å². The van der Waals surface area contributed by atoms with Crippen molar-refractivity contribution in [2.24, 2.45) is 0 Å². The van der Waals surface area contributed by atoms with Gasteiger partial charge in [0.15, 0.2) is 0 Å². The standard InChI is InChI=1S/C9H8F3NO3/c1-2-13-6(9(10,11)12)4-3-5(7(13)14)8(15)16/h3-4H,2H2,1H3,(H,15,16). The van der Waals surface area contributed by atoms with Crippen LogP contribution in [0.5, 0.6) is 0 Å². The number of halogens is 3. The van der Waals surface area contributed by atoms with Crippen molar-refractivity contribution in [1.29, 1.82) is 0 Å². The maximum Gasteiger partial charge on any atom is 0.431 e. The zero-order chi connectivity index (χ0) is 12.5. The molecule has 0 aliphatic heterocycles. The molecule has 1 heterocycles. The third-order valence-corrected chi connectivity index (χ3v) is 2.01. The molecule has 0 saturated carbocycles. The van der Waals surface area contributed by atoms with Gasteiger partial charge in [-0.3, -0.25) is 4.79 Å². The van der Waals surface area contributed by atoms with Crippen LogP contribution in [0.1, 0.15) is 23.0 Å². The molecule has 0 fully saturated rings. The Hall–Kier alpha value is -1.79. The summed E-state index contributed by atoms with van der Waals surface area (Å²) in [6, 6.07) is 1.26. The molecule has 4 nitrogen and oxygen atoms in total. The lowest BCUT2D eigenvalue weighted by Crippen LogP contribution is -2.31. The summed E-state index contributed by atoms with van der Waals surface area (Å²) < 4.78 is 37.7. The van der Waals surface area contributed by atoms with E-state index in [2.05, 4.69) is 0 Å². The molecule has 0 atom stereocenters. The van der Waals surface area contributed by atoms with Crippen LogP contribution in [-0.4, -0.2) is 15.6 Å². The van der Waals surface area contributed by atoms with Crippen molar-refractivity contribution in [3.63, 3.8) is 0 Å². The normalized spacial score (nSPS) is 11.5. The summed E-state index contributed by atoms with van der Waals surface area (Å²) in [6.45, 7) is 1.09. The molecule has 0 aliphatic carbocycles. The molecule has 0 amide bonds. The Balaban J connectivity index is 3.54. The molecule has 1 aromatic heterocycles. The van der Waals surface area contributed by atoms with Gasteiger partial charge < -0.3 is 9.67 Å². The fourth-order valence-corrected chi connectivity index (χ4v) is 1.30. The van der Waals surface area contributed by atoms with Crippen molar-refractivity contribution in [3.8, 4) is 0 Å². The second-order valence-electron chi connectivity index (χ2n) is 2.98. The zero-order valence-corrected chi connectivity index (χ0v) is 8.21. The van der Waals surface area contributed by atoms with Crippen LogP contribution in [0.4, 0.5) is 13.2 Å². The van der Waals surface area contributed by atoms with Gasteiger partial charge in [-0.05, 0) is 19.1 Å². The summed E-state index contributed by atoms with van der Waals surface area (Å²) in [5.74, 6) is -1.54. The number of nitrogens with zero attached hydrogens (tertiary/aromatic N) is 1. The highest BCUT2D eigenvalue weighted by Gasteiger charge is 2.34. The highest BCUT2D eigenvalue weighted by atomic mass is 19.4. The first-order valence-corrected chi connectivity index (χ1v) is 4.33. The van der Waals surface area contributed by atoms with Crippen molar-refractivity contribution >= 4 is 5.97 Å². The number of carboxylic acid groups (broad SMARTS) is 1. The molecule has 0 bridgehead atoms. The average molecular weight is 235 g/mol. The minimum atomic E-state index is -4.67. The Morgan fingerprint density at radius 3 is 2.38 bits per heavy atom. The Morgan fingerprint density at radius 1 is 1.44 bits per heavy atom. The number of aromatic carboxylic acids is 1. The van der Waals surface area contributed by atoms with Crippen LogP contribution in [0.15, 0.2) is 16.9 Å². The van der Waals surface area contributed by atoms with E-state index in [1.54, 1.807) is 0 Å². The average Bonchev–Trinajstić information content (AvgIpc) is 2.15. The van der Waals surface area contributed by atoms with E-state index in [4.69, 9.17) is 5.11 Å². The van der Waals surface area contributed by atoms with Crippen LogP contribution in [0.25, 0.3) is 0 Å². The summed E-state index contributed by atoms with van der Waals surface area (Å²) >= 11 is 0. The minimum absolute atomic E-state index is 0.241. The second kappa shape index (κ2) is 3.99. The monoisotopic (exact) mass is 235 g/mol. The number of hydrogen-bond acceptors (Lipinski definition) is 2. The van der Waals surface area contributed by atoms with Gasteiger partial charge in [-0.2, -0.15) is 13.2 Å². The third kappa shape index (κ3) is 2.07. The van der Waals surface area contributed by atoms with E-state index in [0.29, 0.717) is 16.7 Å². The lowest BCUT2D eigenvalue weighted by Gasteiger charge is -2.13. The van der Waals surface area contributed by atoms with E-state index in [0.717, 1.165) is 0 Å². The summed E-state index contributed by atoms with van der Waals surface area (Å²) in [7, 11) is 0. The van der Waals surface area contributed by atoms with E-state index in [9.17, 15) is 22.8 Å². The van der Waals surface area contributed by atoms with Gasteiger partial charge in [0.25, 0.3) is 5.56 Å². The number of aromatic nitrogens is 1. The van der Waals surface area contributed by atoms with Crippen molar-refractivity contribution in [3.05, 3.63) is 33.7 Å².